The number of hydrogen-bond acceptors (Lipinski definition) is 5. The summed E-state index contributed by atoms with van der Waals surface area (Å²) in [5.74, 6) is -2.50. The van der Waals surface area contributed by atoms with Gasteiger partial charge in [0.05, 0.1) is 17.3 Å². The highest BCUT2D eigenvalue weighted by molar-refractivity contribution is 7.80. The third-order valence-electron chi connectivity index (χ3n) is 7.24. The molecule has 0 saturated carbocycles. The van der Waals surface area contributed by atoms with Crippen molar-refractivity contribution >= 4 is 46.4 Å². The van der Waals surface area contributed by atoms with Gasteiger partial charge in [0, 0.05) is 25.3 Å². The molecule has 7 nitrogen and oxygen atoms in total. The molecule has 1 saturated heterocycles. The van der Waals surface area contributed by atoms with Gasteiger partial charge in [0.25, 0.3) is 5.91 Å². The van der Waals surface area contributed by atoms with E-state index in [2.05, 4.69) is 5.32 Å². The average molecular weight is 464 g/mol. The lowest BCUT2D eigenvalue weighted by atomic mass is 9.64. The monoisotopic (exact) mass is 463 g/mol. The van der Waals surface area contributed by atoms with Crippen LogP contribution in [0, 0.1) is 19.8 Å². The molecule has 170 valence electrons. The molecule has 1 fully saturated rings. The largest absolute Gasteiger partial charge is 0.466 e. The van der Waals surface area contributed by atoms with Crippen LogP contribution in [0.2, 0.25) is 0 Å². The number of likely N-dealkylation sites (N-methyl/N-ethyl adjacent to an activating group) is 2. The van der Waals surface area contributed by atoms with Gasteiger partial charge in [0.2, 0.25) is 5.91 Å². The van der Waals surface area contributed by atoms with Gasteiger partial charge in [0.15, 0.2) is 5.54 Å². The van der Waals surface area contributed by atoms with Crippen molar-refractivity contribution in [2.45, 2.75) is 31.7 Å². The van der Waals surface area contributed by atoms with E-state index in [9.17, 15) is 14.4 Å². The van der Waals surface area contributed by atoms with Crippen molar-refractivity contribution in [2.75, 3.05) is 30.5 Å². The highest BCUT2D eigenvalue weighted by Crippen LogP contribution is 2.60. The fourth-order valence-electron chi connectivity index (χ4n) is 6.06. The van der Waals surface area contributed by atoms with Crippen LogP contribution in [-0.4, -0.2) is 43.5 Å². The molecule has 3 heterocycles. The number of para-hydroxylation sites is 1. The first-order valence-electron chi connectivity index (χ1n) is 10.9. The van der Waals surface area contributed by atoms with Crippen molar-refractivity contribution in [1.82, 2.24) is 5.32 Å². The molecule has 33 heavy (non-hydrogen) atoms. The van der Waals surface area contributed by atoms with Crippen LogP contribution in [0.15, 0.2) is 36.4 Å². The quantitative estimate of drug-likeness (QED) is 0.545. The molecule has 3 aliphatic heterocycles. The maximum atomic E-state index is 14.1. The first-order chi connectivity index (χ1) is 15.6. The van der Waals surface area contributed by atoms with E-state index >= 15 is 0 Å². The molecule has 3 aliphatic rings. The number of nitrogens with one attached hydrogen (secondary N) is 1. The zero-order valence-corrected chi connectivity index (χ0v) is 20.0. The number of amides is 2. The van der Waals surface area contributed by atoms with Crippen molar-refractivity contribution < 1.29 is 19.1 Å². The number of anilines is 2. The van der Waals surface area contributed by atoms with Crippen LogP contribution in [0.5, 0.6) is 0 Å². The number of carbonyl (C=O) groups excluding carboxylic acids is 3. The summed E-state index contributed by atoms with van der Waals surface area (Å²) in [5.41, 5.74) is 1.40. The summed E-state index contributed by atoms with van der Waals surface area (Å²) in [7, 11) is 3.35. The summed E-state index contributed by atoms with van der Waals surface area (Å²) in [6.45, 7) is 5.69. The summed E-state index contributed by atoms with van der Waals surface area (Å²) >= 11 is 5.86. The van der Waals surface area contributed by atoms with E-state index in [1.165, 1.54) is 4.90 Å². The molecule has 0 radical (unpaired) electrons. The number of hydrogen-bond donors (Lipinski definition) is 1. The van der Waals surface area contributed by atoms with Gasteiger partial charge < -0.3 is 19.9 Å². The lowest BCUT2D eigenvalue weighted by Gasteiger charge is -2.34. The fraction of sp³-hybridized carbons (Fsp3) is 0.360. The number of benzene rings is 2. The van der Waals surface area contributed by atoms with Crippen LogP contribution >= 0.6 is 12.2 Å². The van der Waals surface area contributed by atoms with Crippen LogP contribution in [0.3, 0.4) is 0 Å². The number of esters is 1. The normalized spacial score (nSPS) is 27.4. The Morgan fingerprint density at radius 2 is 1.79 bits per heavy atom. The van der Waals surface area contributed by atoms with Crippen LogP contribution in [-0.2, 0) is 30.1 Å². The van der Waals surface area contributed by atoms with E-state index in [0.717, 1.165) is 11.1 Å². The van der Waals surface area contributed by atoms with Gasteiger partial charge in [0.1, 0.15) is 11.3 Å². The molecule has 0 bridgehead atoms. The number of ether oxygens (including phenoxy) is 1. The van der Waals surface area contributed by atoms with Crippen molar-refractivity contribution in [3.63, 3.8) is 0 Å². The number of rotatable bonds is 2. The Bertz CT molecular complexity index is 1270. The number of carbonyl (C=O) groups is 3. The van der Waals surface area contributed by atoms with Crippen molar-refractivity contribution in [2.24, 2.45) is 5.92 Å². The number of aryl methyl sites for hydroxylation is 2. The second kappa shape index (κ2) is 6.87. The minimum Gasteiger partial charge on any atom is -0.466 e. The molecule has 0 unspecified atom stereocenters. The van der Waals surface area contributed by atoms with E-state index in [4.69, 9.17) is 17.0 Å². The van der Waals surface area contributed by atoms with Gasteiger partial charge in [-0.1, -0.05) is 48.1 Å². The second-order valence-corrected chi connectivity index (χ2v) is 9.39. The number of thiocarbonyl (C=S) groups is 1. The highest BCUT2D eigenvalue weighted by Gasteiger charge is 2.76. The minimum absolute atomic E-state index is 0.115. The van der Waals surface area contributed by atoms with Crippen molar-refractivity contribution in [3.8, 4) is 0 Å². The number of fused-ring (bicyclic) bond motifs is 4. The molecule has 0 aliphatic carbocycles. The predicted octanol–water partition coefficient (Wildman–Crippen LogP) is 2.50. The molecule has 5 rings (SSSR count). The summed E-state index contributed by atoms with van der Waals surface area (Å²) in [6, 6.07) is 11.2. The summed E-state index contributed by atoms with van der Waals surface area (Å²) in [5, 5.41) is 3.21. The Labute approximate surface area is 197 Å². The molecule has 2 spiro atoms. The van der Waals surface area contributed by atoms with Crippen LogP contribution in [0.1, 0.15) is 29.2 Å². The number of nitrogens with zero attached hydrogens (tertiary/aromatic N) is 2. The van der Waals surface area contributed by atoms with E-state index in [1.807, 2.05) is 50.2 Å². The fourth-order valence-corrected chi connectivity index (χ4v) is 6.53. The Morgan fingerprint density at radius 1 is 1.09 bits per heavy atom. The smallest absolute Gasteiger partial charge is 0.314 e. The van der Waals surface area contributed by atoms with Crippen LogP contribution in [0.4, 0.5) is 11.4 Å². The second-order valence-electron chi connectivity index (χ2n) is 8.98. The molecule has 3 atom stereocenters. The Hall–Kier alpha value is -3.26. The first kappa shape index (κ1) is 21.6. The van der Waals surface area contributed by atoms with E-state index < -0.39 is 22.8 Å². The molecule has 2 amide bonds. The highest BCUT2D eigenvalue weighted by atomic mass is 32.1. The van der Waals surface area contributed by atoms with E-state index in [-0.39, 0.29) is 23.4 Å². The molecular formula is C25H25N3O4S. The maximum Gasteiger partial charge on any atom is 0.314 e. The zero-order chi connectivity index (χ0) is 23.9. The lowest BCUT2D eigenvalue weighted by molar-refractivity contribution is -0.156. The topological polar surface area (TPSA) is 79.0 Å². The van der Waals surface area contributed by atoms with Gasteiger partial charge in [-0.2, -0.15) is 0 Å². The van der Waals surface area contributed by atoms with Gasteiger partial charge in [-0.15, -0.1) is 0 Å². The third kappa shape index (κ3) is 2.34. The summed E-state index contributed by atoms with van der Waals surface area (Å²) < 4.78 is 5.53. The molecule has 2 aromatic carbocycles. The average Bonchev–Trinajstić information content (AvgIpc) is 3.26. The Morgan fingerprint density at radius 3 is 2.48 bits per heavy atom. The molecule has 0 aromatic heterocycles. The Balaban J connectivity index is 1.89. The van der Waals surface area contributed by atoms with E-state index in [1.54, 1.807) is 25.9 Å². The van der Waals surface area contributed by atoms with Crippen molar-refractivity contribution in [1.29, 1.82) is 0 Å². The predicted molar refractivity (Wildman–Crippen MR) is 128 cm³/mol. The van der Waals surface area contributed by atoms with Crippen LogP contribution in [0.25, 0.3) is 0 Å². The maximum absolute atomic E-state index is 14.1. The van der Waals surface area contributed by atoms with Crippen molar-refractivity contribution in [3.05, 3.63) is 58.7 Å². The lowest BCUT2D eigenvalue weighted by Crippen LogP contribution is -2.56. The van der Waals surface area contributed by atoms with Gasteiger partial charge >= 0.3 is 5.97 Å². The minimum atomic E-state index is -1.55. The Kier molecular flexibility index (Phi) is 4.49. The summed E-state index contributed by atoms with van der Waals surface area (Å²) in [4.78, 5) is 45.0. The van der Waals surface area contributed by atoms with Gasteiger partial charge in [-0.3, -0.25) is 14.4 Å². The van der Waals surface area contributed by atoms with Crippen LogP contribution < -0.4 is 15.1 Å². The molecular weight excluding hydrogens is 438 g/mol. The van der Waals surface area contributed by atoms with Gasteiger partial charge in [-0.05, 0) is 38.0 Å². The third-order valence-corrected chi connectivity index (χ3v) is 7.66. The zero-order valence-electron chi connectivity index (χ0n) is 19.2. The molecule has 2 aromatic rings. The SMILES string of the molecule is CCOC(=O)[C@H]1[C@]2(C(=O)N(C)c3c(C)cc(C)cc32)C(=S)N[C@]12C(=O)N(C)c1ccccc12. The summed E-state index contributed by atoms with van der Waals surface area (Å²) in [6.07, 6.45) is 0. The molecule has 1 N–H and O–H groups in total. The van der Waals surface area contributed by atoms with Gasteiger partial charge in [-0.25, -0.2) is 0 Å². The molecule has 8 heteroatoms. The van der Waals surface area contributed by atoms with E-state index in [0.29, 0.717) is 22.5 Å². The standard InChI is InChI=1S/C25H25N3O4S/c1-6-32-20(29)19-24(16-12-13(2)11-14(3)18(16)28(5)22(24)30)21(33)26-25(19)15-9-7-8-10-17(15)27(4)23(25)31/h7-12,19H,6H2,1-5H3,(H,26,33)/t19-,24-,25-/m0/s1. The first-order valence-corrected chi connectivity index (χ1v) is 11.3.